The lowest BCUT2D eigenvalue weighted by Gasteiger charge is -2.16. The molecule has 0 unspecified atom stereocenters. The van der Waals surface area contributed by atoms with Crippen LogP contribution in [0.3, 0.4) is 0 Å². The first-order valence-corrected chi connectivity index (χ1v) is 6.58. The van der Waals surface area contributed by atoms with Gasteiger partial charge in [-0.25, -0.2) is 15.5 Å². The Balaban J connectivity index is 1.95. The second-order valence-corrected chi connectivity index (χ2v) is 5.00. The Morgan fingerprint density at radius 1 is 1.24 bits per heavy atom. The molecule has 0 aliphatic rings. The van der Waals surface area contributed by atoms with Crippen LogP contribution in [-0.2, 0) is 7.05 Å². The molecular weight excluding hydrogens is 290 g/mol. The fraction of sp³-hybridized carbons (Fsp3) is 0.0714. The third kappa shape index (κ3) is 2.46. The molecule has 3 rings (SSSR count). The lowest BCUT2D eigenvalue weighted by atomic mass is 10.1. The van der Waals surface area contributed by atoms with Crippen LogP contribution < -0.4 is 10.9 Å². The van der Waals surface area contributed by atoms with Crippen molar-refractivity contribution in [3.63, 3.8) is 0 Å². The summed E-state index contributed by atoms with van der Waals surface area (Å²) in [7, 11) is 1.77. The van der Waals surface area contributed by atoms with Crippen molar-refractivity contribution in [2.75, 3.05) is 5.01 Å². The van der Waals surface area contributed by atoms with Gasteiger partial charge in [-0.05, 0) is 42.5 Å². The number of fused-ring (bicyclic) bond motifs is 1. The number of aromatic nitrogens is 3. The Labute approximate surface area is 125 Å². The minimum Gasteiger partial charge on any atom is -0.267 e. The van der Waals surface area contributed by atoms with E-state index in [1.54, 1.807) is 54.2 Å². The number of rotatable bonds is 2. The second kappa shape index (κ2) is 5.16. The highest BCUT2D eigenvalue weighted by atomic mass is 35.5. The van der Waals surface area contributed by atoms with Gasteiger partial charge in [0.1, 0.15) is 5.52 Å². The largest absolute Gasteiger partial charge is 0.272 e. The summed E-state index contributed by atoms with van der Waals surface area (Å²) in [5.41, 5.74) is 2.52. The van der Waals surface area contributed by atoms with Crippen LogP contribution in [0.5, 0.6) is 0 Å². The van der Waals surface area contributed by atoms with E-state index in [0.717, 1.165) is 16.0 Å². The predicted molar refractivity (Wildman–Crippen MR) is 81.0 cm³/mol. The summed E-state index contributed by atoms with van der Waals surface area (Å²) in [6, 6.07) is 11.9. The standard InChI is InChI=1S/C14H12ClN5O/c1-19-13-8-9(2-7-12(13)17-18-19)14(21)20(16)11-5-3-10(15)4-6-11/h2-8H,16H2,1H3. The third-order valence-electron chi connectivity index (χ3n) is 3.18. The molecule has 21 heavy (non-hydrogen) atoms. The molecule has 3 aromatic rings. The van der Waals surface area contributed by atoms with Gasteiger partial charge in [0.25, 0.3) is 5.91 Å². The van der Waals surface area contributed by atoms with Gasteiger partial charge in [0.05, 0.1) is 11.2 Å². The fourth-order valence-corrected chi connectivity index (χ4v) is 2.15. The average molecular weight is 302 g/mol. The molecule has 2 aromatic carbocycles. The molecule has 0 spiro atoms. The highest BCUT2D eigenvalue weighted by Crippen LogP contribution is 2.19. The first-order chi connectivity index (χ1) is 10.1. The summed E-state index contributed by atoms with van der Waals surface area (Å²) in [5, 5.41) is 9.55. The van der Waals surface area contributed by atoms with E-state index in [2.05, 4.69) is 10.3 Å². The number of carbonyl (C=O) groups excluding carboxylic acids is 1. The third-order valence-corrected chi connectivity index (χ3v) is 3.43. The zero-order valence-corrected chi connectivity index (χ0v) is 11.9. The molecule has 106 valence electrons. The van der Waals surface area contributed by atoms with E-state index in [9.17, 15) is 4.79 Å². The highest BCUT2D eigenvalue weighted by molar-refractivity contribution is 6.30. The number of nitrogens with zero attached hydrogens (tertiary/aromatic N) is 4. The van der Waals surface area contributed by atoms with Gasteiger partial charge in [0.2, 0.25) is 0 Å². The topological polar surface area (TPSA) is 77.0 Å². The van der Waals surface area contributed by atoms with E-state index in [1.165, 1.54) is 0 Å². The molecule has 0 saturated carbocycles. The minimum atomic E-state index is -0.319. The maximum Gasteiger partial charge on any atom is 0.272 e. The monoisotopic (exact) mass is 301 g/mol. The van der Waals surface area contributed by atoms with Crippen molar-refractivity contribution in [2.45, 2.75) is 0 Å². The van der Waals surface area contributed by atoms with Crippen LogP contribution in [0.15, 0.2) is 42.5 Å². The van der Waals surface area contributed by atoms with Crippen LogP contribution >= 0.6 is 11.6 Å². The van der Waals surface area contributed by atoms with Gasteiger partial charge >= 0.3 is 0 Å². The van der Waals surface area contributed by atoms with E-state index in [1.807, 2.05) is 0 Å². The first kappa shape index (κ1) is 13.5. The molecule has 1 amide bonds. The predicted octanol–water partition coefficient (Wildman–Crippen LogP) is 2.14. The van der Waals surface area contributed by atoms with Gasteiger partial charge < -0.3 is 0 Å². The quantitative estimate of drug-likeness (QED) is 0.447. The van der Waals surface area contributed by atoms with Crippen molar-refractivity contribution in [3.8, 4) is 0 Å². The molecule has 0 radical (unpaired) electrons. The number of carbonyl (C=O) groups is 1. The van der Waals surface area contributed by atoms with Crippen molar-refractivity contribution in [1.29, 1.82) is 0 Å². The Morgan fingerprint density at radius 2 is 1.95 bits per heavy atom. The number of amides is 1. The Morgan fingerprint density at radius 3 is 2.67 bits per heavy atom. The zero-order chi connectivity index (χ0) is 15.0. The van der Waals surface area contributed by atoms with Crippen LogP contribution in [0.25, 0.3) is 11.0 Å². The molecule has 6 nitrogen and oxygen atoms in total. The lowest BCUT2D eigenvalue weighted by Crippen LogP contribution is -2.37. The van der Waals surface area contributed by atoms with Crippen LogP contribution in [0.4, 0.5) is 5.69 Å². The molecule has 0 saturated heterocycles. The maximum absolute atomic E-state index is 12.4. The smallest absolute Gasteiger partial charge is 0.267 e. The fourth-order valence-electron chi connectivity index (χ4n) is 2.02. The van der Waals surface area contributed by atoms with E-state index < -0.39 is 0 Å². The summed E-state index contributed by atoms with van der Waals surface area (Å²) in [5.74, 6) is 5.56. The SMILES string of the molecule is Cn1nnc2ccc(C(=O)N(N)c3ccc(Cl)cc3)cc21. The number of nitrogens with two attached hydrogens (primary N) is 1. The van der Waals surface area contributed by atoms with Gasteiger partial charge in [-0.1, -0.05) is 16.8 Å². The second-order valence-electron chi connectivity index (χ2n) is 4.57. The van der Waals surface area contributed by atoms with Gasteiger partial charge in [-0.15, -0.1) is 5.10 Å². The summed E-state index contributed by atoms with van der Waals surface area (Å²) in [6.07, 6.45) is 0. The van der Waals surface area contributed by atoms with Crippen LogP contribution in [0.2, 0.25) is 5.02 Å². The van der Waals surface area contributed by atoms with Crippen molar-refractivity contribution in [1.82, 2.24) is 15.0 Å². The summed E-state index contributed by atoms with van der Waals surface area (Å²) in [4.78, 5) is 12.4. The van der Waals surface area contributed by atoms with Gasteiger partial charge in [0.15, 0.2) is 0 Å². The van der Waals surface area contributed by atoms with Crippen molar-refractivity contribution >= 4 is 34.2 Å². The van der Waals surface area contributed by atoms with Gasteiger partial charge in [-0.2, -0.15) is 0 Å². The van der Waals surface area contributed by atoms with E-state index in [4.69, 9.17) is 17.4 Å². The number of halogens is 1. The number of hydrogen-bond donors (Lipinski definition) is 1. The molecule has 7 heteroatoms. The molecule has 2 N–H and O–H groups in total. The molecular formula is C14H12ClN5O. The molecule has 0 fully saturated rings. The van der Waals surface area contributed by atoms with Gasteiger partial charge in [-0.3, -0.25) is 4.79 Å². The van der Waals surface area contributed by atoms with E-state index in [-0.39, 0.29) is 5.91 Å². The Hall–Kier alpha value is -2.44. The number of hydrazine groups is 1. The molecule has 0 bridgehead atoms. The number of anilines is 1. The molecule has 0 atom stereocenters. The average Bonchev–Trinajstić information content (AvgIpc) is 2.87. The maximum atomic E-state index is 12.4. The van der Waals surface area contributed by atoms with Gasteiger partial charge in [0, 0.05) is 17.6 Å². The van der Waals surface area contributed by atoms with Crippen LogP contribution in [-0.4, -0.2) is 20.9 Å². The summed E-state index contributed by atoms with van der Waals surface area (Å²) >= 11 is 5.82. The van der Waals surface area contributed by atoms with E-state index in [0.29, 0.717) is 16.3 Å². The Kier molecular flexibility index (Phi) is 3.32. The highest BCUT2D eigenvalue weighted by Gasteiger charge is 2.15. The lowest BCUT2D eigenvalue weighted by molar-refractivity contribution is 0.0987. The van der Waals surface area contributed by atoms with Crippen molar-refractivity contribution in [3.05, 3.63) is 53.1 Å². The zero-order valence-electron chi connectivity index (χ0n) is 11.2. The molecule has 0 aliphatic heterocycles. The minimum absolute atomic E-state index is 0.319. The summed E-state index contributed by atoms with van der Waals surface area (Å²) < 4.78 is 1.61. The van der Waals surface area contributed by atoms with Crippen molar-refractivity contribution in [2.24, 2.45) is 12.9 Å². The van der Waals surface area contributed by atoms with Crippen LogP contribution in [0, 0.1) is 0 Å². The Bertz CT molecular complexity index is 812. The summed E-state index contributed by atoms with van der Waals surface area (Å²) in [6.45, 7) is 0. The normalized spacial score (nSPS) is 10.8. The number of hydrogen-bond acceptors (Lipinski definition) is 4. The van der Waals surface area contributed by atoms with E-state index >= 15 is 0 Å². The van der Waals surface area contributed by atoms with Crippen molar-refractivity contribution < 1.29 is 4.79 Å². The van der Waals surface area contributed by atoms with Crippen LogP contribution in [0.1, 0.15) is 10.4 Å². The first-order valence-electron chi connectivity index (χ1n) is 6.20. The number of aryl methyl sites for hydroxylation is 1. The molecule has 1 heterocycles. The number of benzene rings is 2. The molecule has 0 aliphatic carbocycles. The molecule has 1 aromatic heterocycles.